The molecule has 0 spiro atoms. The van der Waals surface area contributed by atoms with E-state index in [9.17, 15) is 0 Å². The van der Waals surface area contributed by atoms with Gasteiger partial charge in [-0.2, -0.15) is 0 Å². The molecule has 0 amide bonds. The van der Waals surface area contributed by atoms with Crippen LogP contribution in [0, 0.1) is 0 Å². The van der Waals surface area contributed by atoms with E-state index in [2.05, 4.69) is 19.9 Å². The lowest BCUT2D eigenvalue weighted by molar-refractivity contribution is 1.13. The molecule has 0 fully saturated rings. The molecule has 4 aromatic heterocycles. The van der Waals surface area contributed by atoms with Gasteiger partial charge in [0.15, 0.2) is 11.3 Å². The number of nitrogens with zero attached hydrogens (tertiary/aromatic N) is 5. The minimum Gasteiger partial charge on any atom is -0.281 e. The third kappa shape index (κ3) is 1.13. The van der Waals surface area contributed by atoms with Gasteiger partial charge in [-0.05, 0) is 12.1 Å². The molecule has 0 saturated carbocycles. The fraction of sp³-hybridized carbons (Fsp3) is 0. The summed E-state index contributed by atoms with van der Waals surface area (Å²) in [5.41, 5.74) is 3.39. The Kier molecular flexibility index (Phi) is 1.50. The predicted molar refractivity (Wildman–Crippen MR) is 63.6 cm³/mol. The second kappa shape index (κ2) is 2.98. The molecule has 0 aliphatic rings. The zero-order valence-corrected chi connectivity index (χ0v) is 8.78. The minimum absolute atomic E-state index is 0.804. The number of aromatic nitrogens is 5. The number of imidazole rings is 1. The Bertz CT molecular complexity index is 843. The molecule has 17 heavy (non-hydrogen) atoms. The topological polar surface area (TPSA) is 56.0 Å². The molecule has 4 heterocycles. The summed E-state index contributed by atoms with van der Waals surface area (Å²) in [7, 11) is 0. The summed E-state index contributed by atoms with van der Waals surface area (Å²) in [6, 6.07) is 3.95. The number of hydrogen-bond acceptors (Lipinski definition) is 4. The van der Waals surface area contributed by atoms with Gasteiger partial charge in [-0.1, -0.05) is 0 Å². The molecule has 0 aliphatic carbocycles. The normalized spacial score (nSPS) is 11.5. The summed E-state index contributed by atoms with van der Waals surface area (Å²) < 4.78 is 1.93. The van der Waals surface area contributed by atoms with Crippen LogP contribution in [0.15, 0.2) is 43.1 Å². The lowest BCUT2D eigenvalue weighted by atomic mass is 10.2. The van der Waals surface area contributed by atoms with Gasteiger partial charge in [0.2, 0.25) is 0 Å². The lowest BCUT2D eigenvalue weighted by Gasteiger charge is -1.96. The van der Waals surface area contributed by atoms with Gasteiger partial charge in [-0.15, -0.1) is 0 Å². The summed E-state index contributed by atoms with van der Waals surface area (Å²) in [5.74, 6) is 0. The van der Waals surface area contributed by atoms with Gasteiger partial charge >= 0.3 is 0 Å². The fourth-order valence-corrected chi connectivity index (χ4v) is 1.99. The highest BCUT2D eigenvalue weighted by molar-refractivity contribution is 5.90. The summed E-state index contributed by atoms with van der Waals surface area (Å²) in [5, 5.41) is 1.05. The highest BCUT2D eigenvalue weighted by Gasteiger charge is 2.06. The van der Waals surface area contributed by atoms with E-state index in [1.807, 2.05) is 22.7 Å². The third-order valence-corrected chi connectivity index (χ3v) is 2.78. The van der Waals surface area contributed by atoms with E-state index in [4.69, 9.17) is 0 Å². The first kappa shape index (κ1) is 8.58. The summed E-state index contributed by atoms with van der Waals surface area (Å²) in [6.45, 7) is 0. The molecular weight excluding hydrogens is 214 g/mol. The first-order chi connectivity index (χ1) is 8.42. The van der Waals surface area contributed by atoms with E-state index in [-0.39, 0.29) is 0 Å². The van der Waals surface area contributed by atoms with Gasteiger partial charge in [0.05, 0.1) is 17.9 Å². The highest BCUT2D eigenvalue weighted by atomic mass is 15.1. The molecule has 0 radical (unpaired) electrons. The van der Waals surface area contributed by atoms with Crippen molar-refractivity contribution < 1.29 is 0 Å². The van der Waals surface area contributed by atoms with Crippen molar-refractivity contribution in [2.45, 2.75) is 0 Å². The largest absolute Gasteiger partial charge is 0.281 e. The SMILES string of the molecule is c1cc2cc3nc4cnccn4c3nc2cn1. The Labute approximate surface area is 95.8 Å². The van der Waals surface area contributed by atoms with Crippen LogP contribution in [0.4, 0.5) is 0 Å². The Morgan fingerprint density at radius 1 is 0.941 bits per heavy atom. The van der Waals surface area contributed by atoms with Crippen molar-refractivity contribution in [2.75, 3.05) is 0 Å². The smallest absolute Gasteiger partial charge is 0.165 e. The molecule has 4 rings (SSSR count). The van der Waals surface area contributed by atoms with E-state index < -0.39 is 0 Å². The monoisotopic (exact) mass is 221 g/mol. The first-order valence-corrected chi connectivity index (χ1v) is 5.24. The van der Waals surface area contributed by atoms with Crippen molar-refractivity contribution in [3.05, 3.63) is 43.1 Å². The van der Waals surface area contributed by atoms with Gasteiger partial charge in [-0.25, -0.2) is 9.97 Å². The number of rotatable bonds is 0. The zero-order valence-electron chi connectivity index (χ0n) is 8.78. The second-order valence-electron chi connectivity index (χ2n) is 3.82. The number of fused-ring (bicyclic) bond motifs is 4. The van der Waals surface area contributed by atoms with Gasteiger partial charge in [-0.3, -0.25) is 14.4 Å². The van der Waals surface area contributed by atoms with Crippen LogP contribution in [-0.4, -0.2) is 24.3 Å². The molecule has 0 atom stereocenters. The summed E-state index contributed by atoms with van der Waals surface area (Å²) in [6.07, 6.45) is 8.83. The number of hydrogen-bond donors (Lipinski definition) is 0. The lowest BCUT2D eigenvalue weighted by Crippen LogP contribution is -1.87. The zero-order chi connectivity index (χ0) is 11.2. The second-order valence-corrected chi connectivity index (χ2v) is 3.82. The van der Waals surface area contributed by atoms with Crippen LogP contribution >= 0.6 is 0 Å². The molecule has 5 nitrogen and oxygen atoms in total. The minimum atomic E-state index is 0.804. The van der Waals surface area contributed by atoms with Crippen LogP contribution in [0.5, 0.6) is 0 Å². The predicted octanol–water partition coefficient (Wildman–Crippen LogP) is 1.83. The molecule has 4 aromatic rings. The maximum absolute atomic E-state index is 4.58. The van der Waals surface area contributed by atoms with Crippen molar-refractivity contribution in [3.8, 4) is 0 Å². The summed E-state index contributed by atoms with van der Waals surface area (Å²) in [4.78, 5) is 17.2. The van der Waals surface area contributed by atoms with E-state index in [1.165, 1.54) is 0 Å². The maximum Gasteiger partial charge on any atom is 0.165 e. The molecule has 0 bridgehead atoms. The van der Waals surface area contributed by atoms with Gasteiger partial charge < -0.3 is 0 Å². The van der Waals surface area contributed by atoms with Crippen molar-refractivity contribution in [3.63, 3.8) is 0 Å². The van der Waals surface area contributed by atoms with Crippen LogP contribution in [0.1, 0.15) is 0 Å². The Hall–Kier alpha value is -2.56. The van der Waals surface area contributed by atoms with Crippen molar-refractivity contribution in [2.24, 2.45) is 0 Å². The van der Waals surface area contributed by atoms with E-state index >= 15 is 0 Å². The maximum atomic E-state index is 4.58. The Balaban J connectivity index is 2.28. The molecule has 0 saturated heterocycles. The molecular formula is C12H7N5. The van der Waals surface area contributed by atoms with Gasteiger partial charge in [0.1, 0.15) is 5.52 Å². The summed E-state index contributed by atoms with van der Waals surface area (Å²) >= 11 is 0. The molecule has 0 N–H and O–H groups in total. The fourth-order valence-electron chi connectivity index (χ4n) is 1.99. The van der Waals surface area contributed by atoms with Gasteiger partial charge in [0.25, 0.3) is 0 Å². The van der Waals surface area contributed by atoms with Crippen LogP contribution in [-0.2, 0) is 0 Å². The molecule has 0 unspecified atom stereocenters. The molecule has 80 valence electrons. The van der Waals surface area contributed by atoms with Crippen LogP contribution in [0.3, 0.4) is 0 Å². The Morgan fingerprint density at radius 2 is 1.88 bits per heavy atom. The van der Waals surface area contributed by atoms with Crippen LogP contribution in [0.25, 0.3) is 27.7 Å². The average molecular weight is 221 g/mol. The molecule has 0 aliphatic heterocycles. The molecule has 5 heteroatoms. The van der Waals surface area contributed by atoms with Crippen LogP contribution < -0.4 is 0 Å². The first-order valence-electron chi connectivity index (χ1n) is 5.24. The van der Waals surface area contributed by atoms with E-state index in [0.29, 0.717) is 0 Å². The van der Waals surface area contributed by atoms with Gasteiger partial charge in [0, 0.05) is 24.0 Å². The highest BCUT2D eigenvalue weighted by Crippen LogP contribution is 2.19. The van der Waals surface area contributed by atoms with Crippen molar-refractivity contribution in [1.29, 1.82) is 0 Å². The quantitative estimate of drug-likeness (QED) is 0.454. The van der Waals surface area contributed by atoms with Crippen LogP contribution in [0.2, 0.25) is 0 Å². The number of pyridine rings is 2. The third-order valence-electron chi connectivity index (χ3n) is 2.78. The molecule has 0 aromatic carbocycles. The van der Waals surface area contributed by atoms with Crippen molar-refractivity contribution >= 4 is 27.7 Å². The van der Waals surface area contributed by atoms with Crippen molar-refractivity contribution in [1.82, 2.24) is 24.3 Å². The van der Waals surface area contributed by atoms with E-state index in [1.54, 1.807) is 24.8 Å². The Morgan fingerprint density at radius 3 is 2.88 bits per heavy atom. The average Bonchev–Trinajstić information content (AvgIpc) is 2.73. The van der Waals surface area contributed by atoms with E-state index in [0.717, 1.165) is 27.7 Å². The standard InChI is InChI=1S/C12H7N5/c1-2-13-6-10-8(1)5-9-12(16-10)17-4-3-14-7-11(17)15-9/h1-7H.